The van der Waals surface area contributed by atoms with Crippen LogP contribution in [0.4, 0.5) is 0 Å². The van der Waals surface area contributed by atoms with Crippen LogP contribution in [0.25, 0.3) is 11.1 Å². The summed E-state index contributed by atoms with van der Waals surface area (Å²) in [6, 6.07) is 12.4. The lowest BCUT2D eigenvalue weighted by Gasteiger charge is -2.19. The number of hydrogen-bond donors (Lipinski definition) is 1. The second-order valence-electron chi connectivity index (χ2n) is 4.70. The summed E-state index contributed by atoms with van der Waals surface area (Å²) in [4.78, 5) is 0. The molecule has 0 fully saturated rings. The SMILES string of the molecule is Cc1cc(-c2ccc3c(c2)OCCO3)ccc1CN. The molecule has 1 heterocycles. The second-order valence-corrected chi connectivity index (χ2v) is 4.70. The van der Waals surface area contributed by atoms with E-state index in [1.165, 1.54) is 16.7 Å². The molecular formula is C16H17NO2. The van der Waals surface area contributed by atoms with Gasteiger partial charge in [0.25, 0.3) is 0 Å². The minimum absolute atomic E-state index is 0.577. The monoisotopic (exact) mass is 255 g/mol. The Balaban J connectivity index is 2.00. The lowest BCUT2D eigenvalue weighted by molar-refractivity contribution is 0.171. The third-order valence-corrected chi connectivity index (χ3v) is 3.44. The van der Waals surface area contributed by atoms with Crippen molar-refractivity contribution in [2.75, 3.05) is 13.2 Å². The lowest BCUT2D eigenvalue weighted by Crippen LogP contribution is -2.15. The third kappa shape index (κ3) is 2.29. The number of hydrogen-bond acceptors (Lipinski definition) is 3. The molecule has 0 spiro atoms. The molecule has 0 saturated heterocycles. The molecule has 19 heavy (non-hydrogen) atoms. The van der Waals surface area contributed by atoms with Gasteiger partial charge in [0.15, 0.2) is 11.5 Å². The molecule has 2 aromatic carbocycles. The highest BCUT2D eigenvalue weighted by atomic mass is 16.6. The third-order valence-electron chi connectivity index (χ3n) is 3.44. The summed E-state index contributed by atoms with van der Waals surface area (Å²) in [6.07, 6.45) is 0. The first-order valence-electron chi connectivity index (χ1n) is 6.47. The van der Waals surface area contributed by atoms with E-state index in [9.17, 15) is 0 Å². The maximum atomic E-state index is 5.69. The zero-order valence-corrected chi connectivity index (χ0v) is 11.0. The molecule has 3 nitrogen and oxygen atoms in total. The van der Waals surface area contributed by atoms with E-state index in [-0.39, 0.29) is 0 Å². The van der Waals surface area contributed by atoms with Crippen molar-refractivity contribution in [3.05, 3.63) is 47.5 Å². The van der Waals surface area contributed by atoms with Gasteiger partial charge >= 0.3 is 0 Å². The van der Waals surface area contributed by atoms with Gasteiger partial charge in [-0.1, -0.05) is 24.3 Å². The van der Waals surface area contributed by atoms with Crippen molar-refractivity contribution in [2.45, 2.75) is 13.5 Å². The molecule has 0 unspecified atom stereocenters. The maximum Gasteiger partial charge on any atom is 0.161 e. The average Bonchev–Trinajstić information content (AvgIpc) is 2.46. The summed E-state index contributed by atoms with van der Waals surface area (Å²) in [5.41, 5.74) is 10.4. The zero-order chi connectivity index (χ0) is 13.2. The lowest BCUT2D eigenvalue weighted by atomic mass is 9.99. The van der Waals surface area contributed by atoms with Crippen molar-refractivity contribution in [2.24, 2.45) is 5.73 Å². The van der Waals surface area contributed by atoms with Gasteiger partial charge in [-0.3, -0.25) is 0 Å². The quantitative estimate of drug-likeness (QED) is 0.897. The number of aryl methyl sites for hydroxylation is 1. The van der Waals surface area contributed by atoms with Crippen LogP contribution in [0, 0.1) is 6.92 Å². The maximum absolute atomic E-state index is 5.69. The Morgan fingerprint density at radius 1 is 0.947 bits per heavy atom. The number of rotatable bonds is 2. The predicted octanol–water partition coefficient (Wildman–Crippen LogP) is 2.89. The van der Waals surface area contributed by atoms with Crippen molar-refractivity contribution >= 4 is 0 Å². The first-order valence-corrected chi connectivity index (χ1v) is 6.47. The van der Waals surface area contributed by atoms with Crippen molar-refractivity contribution in [3.63, 3.8) is 0 Å². The minimum Gasteiger partial charge on any atom is -0.486 e. The van der Waals surface area contributed by atoms with Crippen molar-refractivity contribution < 1.29 is 9.47 Å². The summed E-state index contributed by atoms with van der Waals surface area (Å²) in [7, 11) is 0. The van der Waals surface area contributed by atoms with Gasteiger partial charge in [0.2, 0.25) is 0 Å². The summed E-state index contributed by atoms with van der Waals surface area (Å²) >= 11 is 0. The number of ether oxygens (including phenoxy) is 2. The largest absolute Gasteiger partial charge is 0.486 e. The molecule has 1 aliphatic heterocycles. The molecule has 98 valence electrons. The van der Waals surface area contributed by atoms with Gasteiger partial charge in [-0.15, -0.1) is 0 Å². The Bertz CT molecular complexity index is 608. The van der Waals surface area contributed by atoms with Gasteiger partial charge < -0.3 is 15.2 Å². The van der Waals surface area contributed by atoms with Crippen LogP contribution < -0.4 is 15.2 Å². The summed E-state index contributed by atoms with van der Waals surface area (Å²) < 4.78 is 11.1. The van der Waals surface area contributed by atoms with Crippen LogP contribution in [0.15, 0.2) is 36.4 Å². The highest BCUT2D eigenvalue weighted by Crippen LogP contribution is 2.34. The van der Waals surface area contributed by atoms with E-state index in [4.69, 9.17) is 15.2 Å². The van der Waals surface area contributed by atoms with E-state index in [0.717, 1.165) is 17.1 Å². The van der Waals surface area contributed by atoms with Crippen LogP contribution in [0.2, 0.25) is 0 Å². The molecule has 2 aromatic rings. The molecule has 0 aromatic heterocycles. The Morgan fingerprint density at radius 2 is 1.63 bits per heavy atom. The topological polar surface area (TPSA) is 44.5 Å². The van der Waals surface area contributed by atoms with Crippen LogP contribution in [-0.4, -0.2) is 13.2 Å². The molecule has 0 atom stereocenters. The Labute approximate surface area is 113 Å². The number of benzene rings is 2. The number of fused-ring (bicyclic) bond motifs is 1. The molecule has 3 rings (SSSR count). The first kappa shape index (κ1) is 12.1. The molecule has 1 aliphatic rings. The van der Waals surface area contributed by atoms with Gasteiger partial charge in [-0.2, -0.15) is 0 Å². The van der Waals surface area contributed by atoms with Crippen LogP contribution in [0.3, 0.4) is 0 Å². The normalized spacial score (nSPS) is 13.4. The van der Waals surface area contributed by atoms with E-state index < -0.39 is 0 Å². The number of nitrogens with two attached hydrogens (primary N) is 1. The van der Waals surface area contributed by atoms with Gasteiger partial charge in [0.1, 0.15) is 13.2 Å². The van der Waals surface area contributed by atoms with E-state index in [1.807, 2.05) is 12.1 Å². The second kappa shape index (κ2) is 4.94. The Morgan fingerprint density at radius 3 is 2.37 bits per heavy atom. The summed E-state index contributed by atoms with van der Waals surface area (Å²) in [6.45, 7) is 3.90. The minimum atomic E-state index is 0.577. The first-order chi connectivity index (χ1) is 9.28. The molecule has 0 amide bonds. The molecular weight excluding hydrogens is 238 g/mol. The molecule has 0 radical (unpaired) electrons. The molecule has 0 bridgehead atoms. The standard InChI is InChI=1S/C16H17NO2/c1-11-8-12(2-3-14(11)10-17)13-4-5-15-16(9-13)19-7-6-18-15/h2-5,8-9H,6-7,10,17H2,1H3. The Kier molecular flexibility index (Phi) is 3.13. The van der Waals surface area contributed by atoms with Crippen molar-refractivity contribution in [3.8, 4) is 22.6 Å². The van der Waals surface area contributed by atoms with Gasteiger partial charge in [-0.25, -0.2) is 0 Å². The average molecular weight is 255 g/mol. The van der Waals surface area contributed by atoms with Crippen LogP contribution >= 0.6 is 0 Å². The van der Waals surface area contributed by atoms with E-state index >= 15 is 0 Å². The predicted molar refractivity (Wildman–Crippen MR) is 75.5 cm³/mol. The molecule has 0 aliphatic carbocycles. The zero-order valence-electron chi connectivity index (χ0n) is 11.0. The van der Waals surface area contributed by atoms with E-state index in [1.54, 1.807) is 0 Å². The summed E-state index contributed by atoms with van der Waals surface area (Å²) in [5, 5.41) is 0. The highest BCUT2D eigenvalue weighted by Gasteiger charge is 2.12. The highest BCUT2D eigenvalue weighted by molar-refractivity contribution is 5.68. The van der Waals surface area contributed by atoms with Gasteiger partial charge in [-0.05, 0) is 41.3 Å². The molecule has 3 heteroatoms. The van der Waals surface area contributed by atoms with Gasteiger partial charge in [0, 0.05) is 6.54 Å². The molecule has 0 saturated carbocycles. The smallest absolute Gasteiger partial charge is 0.161 e. The fraction of sp³-hybridized carbons (Fsp3) is 0.250. The van der Waals surface area contributed by atoms with Crippen molar-refractivity contribution in [1.29, 1.82) is 0 Å². The Hall–Kier alpha value is -2.00. The van der Waals surface area contributed by atoms with Crippen LogP contribution in [0.1, 0.15) is 11.1 Å². The van der Waals surface area contributed by atoms with Crippen LogP contribution in [-0.2, 0) is 6.54 Å². The fourth-order valence-electron chi connectivity index (χ4n) is 2.33. The fourth-order valence-corrected chi connectivity index (χ4v) is 2.33. The van der Waals surface area contributed by atoms with E-state index in [2.05, 4.69) is 31.2 Å². The van der Waals surface area contributed by atoms with Gasteiger partial charge in [0.05, 0.1) is 0 Å². The molecule has 2 N–H and O–H groups in total. The van der Waals surface area contributed by atoms with Crippen molar-refractivity contribution in [1.82, 2.24) is 0 Å². The van der Waals surface area contributed by atoms with Crippen LogP contribution in [0.5, 0.6) is 11.5 Å². The van der Waals surface area contributed by atoms with E-state index in [0.29, 0.717) is 19.8 Å². The summed E-state index contributed by atoms with van der Waals surface area (Å²) in [5.74, 6) is 1.65.